The fourth-order valence-corrected chi connectivity index (χ4v) is 3.57. The predicted octanol–water partition coefficient (Wildman–Crippen LogP) is 4.82. The van der Waals surface area contributed by atoms with Gasteiger partial charge in [0, 0.05) is 17.8 Å². The summed E-state index contributed by atoms with van der Waals surface area (Å²) in [4.78, 5) is 20.3. The monoisotopic (exact) mass is 413 g/mol. The van der Waals surface area contributed by atoms with Gasteiger partial charge in [0.1, 0.15) is 22.9 Å². The molecule has 154 valence electrons. The van der Waals surface area contributed by atoms with Crippen molar-refractivity contribution in [3.63, 3.8) is 0 Å². The second kappa shape index (κ2) is 7.53. The first-order valence-electron chi connectivity index (χ1n) is 9.77. The van der Waals surface area contributed by atoms with Gasteiger partial charge < -0.3 is 23.5 Å². The summed E-state index contributed by atoms with van der Waals surface area (Å²) in [6.45, 7) is 2.20. The van der Waals surface area contributed by atoms with Crippen molar-refractivity contribution >= 4 is 0 Å². The minimum atomic E-state index is -0.505. The van der Waals surface area contributed by atoms with Crippen molar-refractivity contribution in [2.45, 2.75) is 13.5 Å². The van der Waals surface area contributed by atoms with Crippen LogP contribution in [0.15, 0.2) is 86.8 Å². The molecule has 31 heavy (non-hydrogen) atoms. The summed E-state index contributed by atoms with van der Waals surface area (Å²) < 4.78 is 13.2. The molecule has 7 nitrogen and oxygen atoms in total. The number of benzene rings is 1. The highest BCUT2D eigenvalue weighted by atomic mass is 16.4. The lowest BCUT2D eigenvalue weighted by Crippen LogP contribution is -2.01. The zero-order valence-electron chi connectivity index (χ0n) is 16.7. The number of nitrogens with one attached hydrogen (secondary N) is 1. The van der Waals surface area contributed by atoms with E-state index in [0.29, 0.717) is 29.5 Å². The minimum absolute atomic E-state index is 0.0618. The molecule has 0 aliphatic carbocycles. The van der Waals surface area contributed by atoms with Crippen LogP contribution in [0.2, 0.25) is 0 Å². The van der Waals surface area contributed by atoms with Gasteiger partial charge in [-0.1, -0.05) is 30.3 Å². The molecule has 0 aliphatic heterocycles. The third-order valence-corrected chi connectivity index (χ3v) is 5.00. The summed E-state index contributed by atoms with van der Waals surface area (Å²) in [5, 5.41) is 10.4. The molecule has 5 aromatic rings. The number of rotatable bonds is 5. The number of aromatic nitrogens is 3. The Morgan fingerprint density at radius 1 is 1.10 bits per heavy atom. The van der Waals surface area contributed by atoms with Crippen LogP contribution >= 0.6 is 0 Å². The van der Waals surface area contributed by atoms with Gasteiger partial charge in [-0.25, -0.2) is 4.98 Å². The number of imidazole rings is 1. The lowest BCUT2D eigenvalue weighted by molar-refractivity contribution is 0.429. The van der Waals surface area contributed by atoms with Crippen molar-refractivity contribution in [3.05, 3.63) is 94.9 Å². The van der Waals surface area contributed by atoms with Crippen molar-refractivity contribution in [1.82, 2.24) is 14.5 Å². The lowest BCUT2D eigenvalue weighted by Gasteiger charge is -2.06. The van der Waals surface area contributed by atoms with Crippen LogP contribution in [-0.2, 0) is 6.54 Å². The summed E-state index contributed by atoms with van der Waals surface area (Å²) >= 11 is 0. The van der Waals surface area contributed by atoms with E-state index in [-0.39, 0.29) is 5.76 Å². The summed E-state index contributed by atoms with van der Waals surface area (Å²) in [7, 11) is 0. The molecule has 0 bridgehead atoms. The van der Waals surface area contributed by atoms with Crippen molar-refractivity contribution < 1.29 is 13.9 Å². The molecule has 5 rings (SSSR count). The van der Waals surface area contributed by atoms with Crippen LogP contribution in [0, 0.1) is 6.92 Å². The fourth-order valence-electron chi connectivity index (χ4n) is 3.57. The average Bonchev–Trinajstić information content (AvgIpc) is 3.52. The van der Waals surface area contributed by atoms with E-state index in [1.165, 1.54) is 6.07 Å². The number of H-pyrrole nitrogens is 1. The average molecular weight is 413 g/mol. The van der Waals surface area contributed by atoms with Crippen molar-refractivity contribution in [1.29, 1.82) is 0 Å². The van der Waals surface area contributed by atoms with Crippen LogP contribution in [0.25, 0.3) is 34.2 Å². The van der Waals surface area contributed by atoms with E-state index in [9.17, 15) is 9.90 Å². The number of furan rings is 1. The second-order valence-corrected chi connectivity index (χ2v) is 7.17. The van der Waals surface area contributed by atoms with Crippen molar-refractivity contribution in [2.24, 2.45) is 0 Å². The Morgan fingerprint density at radius 2 is 1.94 bits per heavy atom. The molecule has 1 aromatic carbocycles. The molecular weight excluding hydrogens is 394 g/mol. The smallest absolute Gasteiger partial charge is 0.227 e. The van der Waals surface area contributed by atoms with Gasteiger partial charge in [-0.15, -0.1) is 0 Å². The number of nitrogens with zero attached hydrogens (tertiary/aromatic N) is 2. The van der Waals surface area contributed by atoms with Crippen molar-refractivity contribution in [3.8, 4) is 40.0 Å². The molecule has 0 aliphatic rings. The van der Waals surface area contributed by atoms with Gasteiger partial charge in [-0.2, -0.15) is 0 Å². The van der Waals surface area contributed by atoms with Crippen LogP contribution in [0.1, 0.15) is 11.5 Å². The molecular formula is C24H19N3O4. The second-order valence-electron chi connectivity index (χ2n) is 7.17. The Kier molecular flexibility index (Phi) is 4.55. The van der Waals surface area contributed by atoms with Crippen LogP contribution in [-0.4, -0.2) is 19.6 Å². The van der Waals surface area contributed by atoms with Gasteiger partial charge in [0.25, 0.3) is 0 Å². The Morgan fingerprint density at radius 3 is 2.71 bits per heavy atom. The highest BCUT2D eigenvalue weighted by Crippen LogP contribution is 2.36. The molecule has 0 saturated heterocycles. The maximum Gasteiger partial charge on any atom is 0.227 e. The highest BCUT2D eigenvalue weighted by Gasteiger charge is 2.22. The molecule has 0 amide bonds. The SMILES string of the molecule is Cc1cc(=O)c(O)c(-c2[nH]c(-c3cccn3Cc3ccco3)nc2-c2ccccc2)o1. The third-order valence-electron chi connectivity index (χ3n) is 5.00. The molecule has 0 atom stereocenters. The Bertz CT molecular complexity index is 1390. The van der Waals surface area contributed by atoms with E-state index in [1.807, 2.05) is 65.4 Å². The Balaban J connectivity index is 1.69. The molecule has 4 aromatic heterocycles. The lowest BCUT2D eigenvalue weighted by atomic mass is 10.1. The minimum Gasteiger partial charge on any atom is -0.501 e. The largest absolute Gasteiger partial charge is 0.501 e. The zero-order valence-corrected chi connectivity index (χ0v) is 16.7. The van der Waals surface area contributed by atoms with Gasteiger partial charge in [0.05, 0.1) is 18.5 Å². The van der Waals surface area contributed by atoms with E-state index in [2.05, 4.69) is 4.98 Å². The fraction of sp³-hybridized carbons (Fsp3) is 0.0833. The number of hydrogen-bond acceptors (Lipinski definition) is 5. The van der Waals surface area contributed by atoms with E-state index >= 15 is 0 Å². The van der Waals surface area contributed by atoms with Gasteiger partial charge in [-0.05, 0) is 31.2 Å². The molecule has 0 spiro atoms. The van der Waals surface area contributed by atoms with Crippen LogP contribution in [0.4, 0.5) is 0 Å². The number of aromatic amines is 1. The maximum atomic E-state index is 12.2. The summed E-state index contributed by atoms with van der Waals surface area (Å²) in [6, 6.07) is 18.4. The van der Waals surface area contributed by atoms with E-state index in [0.717, 1.165) is 17.0 Å². The summed E-state index contributed by atoms with van der Waals surface area (Å²) in [6.07, 6.45) is 3.58. The van der Waals surface area contributed by atoms with E-state index in [4.69, 9.17) is 13.8 Å². The summed E-state index contributed by atoms with van der Waals surface area (Å²) in [5.74, 6) is 1.40. The third kappa shape index (κ3) is 3.46. The van der Waals surface area contributed by atoms with Gasteiger partial charge in [0.2, 0.25) is 11.2 Å². The van der Waals surface area contributed by atoms with Gasteiger partial charge in [0.15, 0.2) is 11.6 Å². The van der Waals surface area contributed by atoms with Crippen LogP contribution in [0.5, 0.6) is 5.75 Å². The zero-order chi connectivity index (χ0) is 21.4. The quantitative estimate of drug-likeness (QED) is 0.430. The topological polar surface area (TPSA) is 97.2 Å². The van der Waals surface area contributed by atoms with Crippen molar-refractivity contribution in [2.75, 3.05) is 0 Å². The molecule has 4 heterocycles. The standard InChI is InChI=1S/C24H19N3O4/c1-15-13-19(28)22(29)23(31-15)21-20(16-7-3-2-4-8-16)25-24(26-21)18-10-5-11-27(18)14-17-9-6-12-30-17/h2-13,29H,14H2,1H3,(H,25,26). The van der Waals surface area contributed by atoms with E-state index < -0.39 is 11.2 Å². The predicted molar refractivity (Wildman–Crippen MR) is 116 cm³/mol. The molecule has 0 saturated carbocycles. The maximum absolute atomic E-state index is 12.2. The molecule has 0 unspecified atom stereocenters. The number of hydrogen-bond donors (Lipinski definition) is 2. The van der Waals surface area contributed by atoms with Crippen LogP contribution in [0.3, 0.4) is 0 Å². The molecule has 2 N–H and O–H groups in total. The number of aryl methyl sites for hydroxylation is 1. The first-order valence-corrected chi connectivity index (χ1v) is 9.77. The Labute approximate surface area is 177 Å². The highest BCUT2D eigenvalue weighted by molar-refractivity contribution is 5.80. The normalized spacial score (nSPS) is 11.1. The van der Waals surface area contributed by atoms with Gasteiger partial charge >= 0.3 is 0 Å². The molecule has 7 heteroatoms. The van der Waals surface area contributed by atoms with Crippen LogP contribution < -0.4 is 5.43 Å². The Hall–Kier alpha value is -4.26. The molecule has 0 radical (unpaired) electrons. The molecule has 0 fully saturated rings. The summed E-state index contributed by atoms with van der Waals surface area (Å²) in [5.41, 5.74) is 2.16. The first kappa shape index (κ1) is 18.7. The first-order chi connectivity index (χ1) is 15.1. The number of aromatic hydroxyl groups is 1. The van der Waals surface area contributed by atoms with E-state index in [1.54, 1.807) is 13.2 Å². The van der Waals surface area contributed by atoms with Gasteiger partial charge in [-0.3, -0.25) is 4.79 Å².